The van der Waals surface area contributed by atoms with Crippen LogP contribution in [0.15, 0.2) is 17.5 Å². The predicted octanol–water partition coefficient (Wildman–Crippen LogP) is 0.919. The first-order valence-electron chi connectivity index (χ1n) is 3.85. The van der Waals surface area contributed by atoms with E-state index in [1.165, 1.54) is 0 Å². The lowest BCUT2D eigenvalue weighted by Gasteiger charge is -2.12. The van der Waals surface area contributed by atoms with Crippen LogP contribution in [0.2, 0.25) is 0 Å². The van der Waals surface area contributed by atoms with Gasteiger partial charge in [-0.2, -0.15) is 0 Å². The third kappa shape index (κ3) is 3.43. The molecule has 0 fully saturated rings. The average Bonchev–Trinajstić information content (AvgIpc) is 2.55. The lowest BCUT2D eigenvalue weighted by molar-refractivity contribution is 0.177. The van der Waals surface area contributed by atoms with Crippen LogP contribution in [0.5, 0.6) is 0 Å². The molecule has 0 aliphatic rings. The monoisotopic (exact) mass is 201 g/mol. The van der Waals surface area contributed by atoms with Crippen molar-refractivity contribution in [2.45, 2.75) is 12.5 Å². The van der Waals surface area contributed by atoms with Gasteiger partial charge in [0.05, 0.1) is 12.6 Å². The summed E-state index contributed by atoms with van der Waals surface area (Å²) >= 11 is 1.55. The molecule has 0 unspecified atom stereocenters. The molecule has 0 aliphatic heterocycles. The van der Waals surface area contributed by atoms with Crippen LogP contribution < -0.4 is 5.32 Å². The molecule has 0 bridgehead atoms. The summed E-state index contributed by atoms with van der Waals surface area (Å²) in [6, 6.07) is 3.41. The zero-order chi connectivity index (χ0) is 9.68. The first-order chi connectivity index (χ1) is 6.22. The van der Waals surface area contributed by atoms with E-state index in [-0.39, 0.29) is 6.61 Å². The lowest BCUT2D eigenvalue weighted by atomic mass is 10.2. The summed E-state index contributed by atoms with van der Waals surface area (Å²) < 4.78 is 0. The van der Waals surface area contributed by atoms with Gasteiger partial charge in [-0.3, -0.25) is 0 Å². The second kappa shape index (κ2) is 4.84. The number of aliphatic hydroxyl groups excluding tert-OH is 1. The molecule has 1 rings (SSSR count). The van der Waals surface area contributed by atoms with E-state index in [1.807, 2.05) is 17.5 Å². The SMILES string of the molecule is O=C(O)N[C@@H](CO)Cc1cccs1. The van der Waals surface area contributed by atoms with E-state index < -0.39 is 12.1 Å². The van der Waals surface area contributed by atoms with Crippen molar-refractivity contribution in [3.63, 3.8) is 0 Å². The molecule has 0 saturated heterocycles. The number of amides is 1. The summed E-state index contributed by atoms with van der Waals surface area (Å²) in [5.41, 5.74) is 0. The number of thiophene rings is 1. The molecule has 0 spiro atoms. The average molecular weight is 201 g/mol. The van der Waals surface area contributed by atoms with Crippen molar-refractivity contribution in [2.24, 2.45) is 0 Å². The fourth-order valence-corrected chi connectivity index (χ4v) is 1.79. The van der Waals surface area contributed by atoms with Crippen LogP contribution in [-0.4, -0.2) is 29.0 Å². The highest BCUT2D eigenvalue weighted by Crippen LogP contribution is 2.10. The van der Waals surface area contributed by atoms with Crippen LogP contribution >= 0.6 is 11.3 Å². The van der Waals surface area contributed by atoms with Gasteiger partial charge in [0.1, 0.15) is 0 Å². The van der Waals surface area contributed by atoms with Gasteiger partial charge in [-0.1, -0.05) is 6.07 Å². The topological polar surface area (TPSA) is 69.6 Å². The molecule has 1 aromatic rings. The number of rotatable bonds is 4. The molecular weight excluding hydrogens is 190 g/mol. The standard InChI is InChI=1S/C8H11NO3S/c10-5-6(9-8(11)12)4-7-2-1-3-13-7/h1-3,6,9-10H,4-5H2,(H,11,12)/t6-/m1/s1. The van der Waals surface area contributed by atoms with E-state index in [0.717, 1.165) is 4.88 Å². The minimum Gasteiger partial charge on any atom is -0.465 e. The number of hydrogen-bond acceptors (Lipinski definition) is 3. The largest absolute Gasteiger partial charge is 0.465 e. The van der Waals surface area contributed by atoms with Crippen molar-refractivity contribution < 1.29 is 15.0 Å². The van der Waals surface area contributed by atoms with Gasteiger partial charge in [0, 0.05) is 11.3 Å². The predicted molar refractivity (Wildman–Crippen MR) is 50.1 cm³/mol. The molecular formula is C8H11NO3S. The second-order valence-electron chi connectivity index (χ2n) is 2.61. The van der Waals surface area contributed by atoms with Gasteiger partial charge < -0.3 is 15.5 Å². The highest BCUT2D eigenvalue weighted by molar-refractivity contribution is 7.09. The summed E-state index contributed by atoms with van der Waals surface area (Å²) in [4.78, 5) is 11.3. The normalized spacial score (nSPS) is 12.4. The van der Waals surface area contributed by atoms with Gasteiger partial charge in [-0.05, 0) is 11.4 Å². The maximum Gasteiger partial charge on any atom is 0.404 e. The molecule has 1 amide bonds. The summed E-state index contributed by atoms with van der Waals surface area (Å²) in [6.45, 7) is -0.176. The Hall–Kier alpha value is -1.07. The number of aliphatic hydroxyl groups is 1. The molecule has 0 aromatic carbocycles. The molecule has 3 N–H and O–H groups in total. The Kier molecular flexibility index (Phi) is 3.72. The van der Waals surface area contributed by atoms with Crippen molar-refractivity contribution in [1.82, 2.24) is 5.32 Å². The van der Waals surface area contributed by atoms with Crippen LogP contribution in [0.4, 0.5) is 4.79 Å². The zero-order valence-electron chi connectivity index (χ0n) is 6.93. The van der Waals surface area contributed by atoms with E-state index in [2.05, 4.69) is 5.32 Å². The Morgan fingerprint density at radius 1 is 1.69 bits per heavy atom. The van der Waals surface area contributed by atoms with E-state index in [0.29, 0.717) is 6.42 Å². The Bertz CT molecular complexity index is 260. The van der Waals surface area contributed by atoms with Gasteiger partial charge in [-0.25, -0.2) is 4.79 Å². The van der Waals surface area contributed by atoms with E-state index in [1.54, 1.807) is 11.3 Å². The van der Waals surface area contributed by atoms with Crippen LogP contribution in [-0.2, 0) is 6.42 Å². The van der Waals surface area contributed by atoms with Crippen molar-refractivity contribution in [2.75, 3.05) is 6.61 Å². The summed E-state index contributed by atoms with van der Waals surface area (Å²) in [5.74, 6) is 0. The highest BCUT2D eigenvalue weighted by Gasteiger charge is 2.10. The molecule has 1 heterocycles. The van der Waals surface area contributed by atoms with Gasteiger partial charge in [-0.15, -0.1) is 11.3 Å². The molecule has 1 aromatic heterocycles. The minimum absolute atomic E-state index is 0.176. The Morgan fingerprint density at radius 3 is 2.92 bits per heavy atom. The molecule has 1 atom stereocenters. The fourth-order valence-electron chi connectivity index (χ4n) is 1.01. The van der Waals surface area contributed by atoms with Gasteiger partial charge in [0.2, 0.25) is 0 Å². The molecule has 0 saturated carbocycles. The van der Waals surface area contributed by atoms with E-state index in [4.69, 9.17) is 10.2 Å². The van der Waals surface area contributed by atoms with Crippen molar-refractivity contribution >= 4 is 17.4 Å². The Balaban J connectivity index is 2.45. The van der Waals surface area contributed by atoms with Crippen LogP contribution in [0.1, 0.15) is 4.88 Å². The Morgan fingerprint density at radius 2 is 2.46 bits per heavy atom. The van der Waals surface area contributed by atoms with E-state index in [9.17, 15) is 4.79 Å². The van der Waals surface area contributed by atoms with Crippen molar-refractivity contribution in [3.8, 4) is 0 Å². The second-order valence-corrected chi connectivity index (χ2v) is 3.64. The fraction of sp³-hybridized carbons (Fsp3) is 0.375. The highest BCUT2D eigenvalue weighted by atomic mass is 32.1. The first kappa shape index (κ1) is 10.0. The minimum atomic E-state index is -1.10. The first-order valence-corrected chi connectivity index (χ1v) is 4.73. The van der Waals surface area contributed by atoms with Gasteiger partial charge in [0.25, 0.3) is 0 Å². The third-order valence-electron chi connectivity index (χ3n) is 1.58. The number of nitrogens with one attached hydrogen (secondary N) is 1. The lowest BCUT2D eigenvalue weighted by Crippen LogP contribution is -2.37. The molecule has 5 heteroatoms. The molecule has 13 heavy (non-hydrogen) atoms. The quantitative estimate of drug-likeness (QED) is 0.678. The third-order valence-corrected chi connectivity index (χ3v) is 2.47. The molecule has 72 valence electrons. The maximum atomic E-state index is 10.3. The summed E-state index contributed by atoms with van der Waals surface area (Å²) in [6.07, 6.45) is -0.559. The van der Waals surface area contributed by atoms with Crippen molar-refractivity contribution in [1.29, 1.82) is 0 Å². The molecule has 0 radical (unpaired) electrons. The van der Waals surface area contributed by atoms with Gasteiger partial charge in [0.15, 0.2) is 0 Å². The number of hydrogen-bond donors (Lipinski definition) is 3. The number of carbonyl (C=O) groups is 1. The van der Waals surface area contributed by atoms with Crippen LogP contribution in [0.25, 0.3) is 0 Å². The molecule has 0 aliphatic carbocycles. The van der Waals surface area contributed by atoms with Crippen LogP contribution in [0.3, 0.4) is 0 Å². The van der Waals surface area contributed by atoms with Crippen molar-refractivity contribution in [3.05, 3.63) is 22.4 Å². The smallest absolute Gasteiger partial charge is 0.404 e. The van der Waals surface area contributed by atoms with Gasteiger partial charge >= 0.3 is 6.09 Å². The maximum absolute atomic E-state index is 10.3. The van der Waals surface area contributed by atoms with E-state index >= 15 is 0 Å². The number of carboxylic acid groups (broad SMARTS) is 1. The summed E-state index contributed by atoms with van der Waals surface area (Å²) in [7, 11) is 0. The Labute approximate surface area is 79.8 Å². The molecule has 4 nitrogen and oxygen atoms in total. The summed E-state index contributed by atoms with van der Waals surface area (Å²) in [5, 5.41) is 21.4. The zero-order valence-corrected chi connectivity index (χ0v) is 7.75. The van der Waals surface area contributed by atoms with Crippen LogP contribution in [0, 0.1) is 0 Å².